The van der Waals surface area contributed by atoms with Gasteiger partial charge in [-0.25, -0.2) is 19.2 Å². The molecule has 1 aliphatic heterocycles. The number of aromatic nitrogens is 2. The first kappa shape index (κ1) is 27.4. The number of nitrogens with zero attached hydrogens (tertiary/aromatic N) is 3. The van der Waals surface area contributed by atoms with Crippen molar-refractivity contribution in [3.63, 3.8) is 0 Å². The van der Waals surface area contributed by atoms with Crippen molar-refractivity contribution in [2.45, 2.75) is 38.8 Å². The standard InChI is InChI=1S/C24H32Cl2FN5O3/c1-4-18-22(16-7-6-15(25)12-17(16)26)29-19(5-2)23(30-18)31-20-13-32(14-21(20)34-10-8-27)24(33)35-11-9-28-3/h6-7,12,20-21,28H,4-5,8-11,13-14H2,1-3H3,(H,30,31). The molecular formula is C24H32Cl2FN5O3. The van der Waals surface area contributed by atoms with E-state index in [9.17, 15) is 9.18 Å². The van der Waals surface area contributed by atoms with Gasteiger partial charge in [-0.05, 0) is 38.1 Å². The van der Waals surface area contributed by atoms with Crippen LogP contribution in [-0.2, 0) is 22.3 Å². The Hall–Kier alpha value is -2.20. The van der Waals surface area contributed by atoms with Crippen LogP contribution in [0.4, 0.5) is 15.0 Å². The summed E-state index contributed by atoms with van der Waals surface area (Å²) in [5.41, 5.74) is 3.00. The van der Waals surface area contributed by atoms with Gasteiger partial charge in [-0.15, -0.1) is 0 Å². The summed E-state index contributed by atoms with van der Waals surface area (Å²) in [6.45, 7) is 4.79. The zero-order valence-electron chi connectivity index (χ0n) is 20.2. The van der Waals surface area contributed by atoms with Crippen molar-refractivity contribution in [1.82, 2.24) is 20.2 Å². The van der Waals surface area contributed by atoms with E-state index in [0.29, 0.717) is 54.0 Å². The number of hydrogen-bond acceptors (Lipinski definition) is 7. The molecule has 1 aromatic carbocycles. The molecule has 0 spiro atoms. The molecule has 35 heavy (non-hydrogen) atoms. The van der Waals surface area contributed by atoms with Gasteiger partial charge in [-0.2, -0.15) is 0 Å². The van der Waals surface area contributed by atoms with Crippen LogP contribution in [-0.4, -0.2) is 79.7 Å². The maximum absolute atomic E-state index is 12.8. The Labute approximate surface area is 215 Å². The molecule has 2 unspecified atom stereocenters. The minimum absolute atomic E-state index is 0.0496. The van der Waals surface area contributed by atoms with E-state index >= 15 is 0 Å². The second kappa shape index (κ2) is 13.2. The van der Waals surface area contributed by atoms with Crippen molar-refractivity contribution in [2.75, 3.05) is 51.9 Å². The largest absolute Gasteiger partial charge is 0.448 e. The number of aryl methyl sites for hydroxylation is 2. The lowest BCUT2D eigenvalue weighted by atomic mass is 10.1. The average molecular weight is 528 g/mol. The minimum Gasteiger partial charge on any atom is -0.448 e. The van der Waals surface area contributed by atoms with Crippen LogP contribution in [0.15, 0.2) is 18.2 Å². The molecule has 2 aromatic rings. The van der Waals surface area contributed by atoms with Gasteiger partial charge in [0.05, 0.1) is 47.4 Å². The normalized spacial score (nSPS) is 17.6. The van der Waals surface area contributed by atoms with Gasteiger partial charge in [0, 0.05) is 23.7 Å². The number of anilines is 1. The van der Waals surface area contributed by atoms with Gasteiger partial charge in [0.1, 0.15) is 19.1 Å². The molecule has 1 fully saturated rings. The highest BCUT2D eigenvalue weighted by Crippen LogP contribution is 2.33. The molecule has 8 nitrogen and oxygen atoms in total. The van der Waals surface area contributed by atoms with Crippen LogP contribution in [0.2, 0.25) is 10.0 Å². The molecule has 1 amide bonds. The van der Waals surface area contributed by atoms with Gasteiger partial charge in [-0.3, -0.25) is 0 Å². The smallest absolute Gasteiger partial charge is 0.409 e. The predicted molar refractivity (Wildman–Crippen MR) is 136 cm³/mol. The molecule has 0 radical (unpaired) electrons. The Bertz CT molecular complexity index is 1010. The summed E-state index contributed by atoms with van der Waals surface area (Å²) in [6, 6.07) is 5.01. The molecule has 0 saturated carbocycles. The number of alkyl halides is 1. The lowest BCUT2D eigenvalue weighted by molar-refractivity contribution is 0.0431. The lowest BCUT2D eigenvalue weighted by Crippen LogP contribution is -2.36. The highest BCUT2D eigenvalue weighted by molar-refractivity contribution is 6.36. The number of rotatable bonds is 11. The van der Waals surface area contributed by atoms with Gasteiger partial charge in [0.2, 0.25) is 0 Å². The first-order chi connectivity index (χ1) is 16.9. The summed E-state index contributed by atoms with van der Waals surface area (Å²) in [7, 11) is 1.79. The molecule has 0 bridgehead atoms. The maximum Gasteiger partial charge on any atom is 0.409 e. The Balaban J connectivity index is 1.86. The zero-order chi connectivity index (χ0) is 25.4. The Morgan fingerprint density at radius 3 is 2.60 bits per heavy atom. The number of halogens is 3. The monoisotopic (exact) mass is 527 g/mol. The van der Waals surface area contributed by atoms with Gasteiger partial charge in [0.15, 0.2) is 0 Å². The summed E-state index contributed by atoms with van der Waals surface area (Å²) in [5, 5.41) is 7.40. The van der Waals surface area contributed by atoms with E-state index in [1.54, 1.807) is 24.1 Å². The van der Waals surface area contributed by atoms with Gasteiger partial charge in [-0.1, -0.05) is 37.0 Å². The summed E-state index contributed by atoms with van der Waals surface area (Å²) in [6.07, 6.45) is 0.415. The van der Waals surface area contributed by atoms with Crippen molar-refractivity contribution < 1.29 is 18.7 Å². The number of hydrogen-bond donors (Lipinski definition) is 2. The molecule has 1 aliphatic rings. The SMILES string of the molecule is CCc1nc(-c2ccc(Cl)cc2Cl)c(CC)nc1NC1CN(C(=O)OCCNC)CC1OCCF. The van der Waals surface area contributed by atoms with Crippen LogP contribution in [0.5, 0.6) is 0 Å². The highest BCUT2D eigenvalue weighted by atomic mass is 35.5. The van der Waals surface area contributed by atoms with Gasteiger partial charge < -0.3 is 25.0 Å². The molecule has 0 aliphatic carbocycles. The molecule has 11 heteroatoms. The van der Waals surface area contributed by atoms with E-state index in [1.165, 1.54) is 0 Å². The van der Waals surface area contributed by atoms with Crippen LogP contribution in [0.3, 0.4) is 0 Å². The third-order valence-electron chi connectivity index (χ3n) is 5.73. The summed E-state index contributed by atoms with van der Waals surface area (Å²) in [4.78, 5) is 23.8. The van der Waals surface area contributed by atoms with Gasteiger partial charge >= 0.3 is 6.09 Å². The molecule has 1 aromatic heterocycles. The maximum atomic E-state index is 12.8. The zero-order valence-corrected chi connectivity index (χ0v) is 21.8. The highest BCUT2D eigenvalue weighted by Gasteiger charge is 2.37. The van der Waals surface area contributed by atoms with Crippen molar-refractivity contribution in [2.24, 2.45) is 0 Å². The number of amides is 1. The third kappa shape index (κ3) is 6.94. The number of ether oxygens (including phenoxy) is 2. The van der Waals surface area contributed by atoms with E-state index in [4.69, 9.17) is 42.6 Å². The Morgan fingerprint density at radius 1 is 1.17 bits per heavy atom. The summed E-state index contributed by atoms with van der Waals surface area (Å²) >= 11 is 12.5. The fourth-order valence-electron chi connectivity index (χ4n) is 3.94. The van der Waals surface area contributed by atoms with Crippen molar-refractivity contribution in [3.8, 4) is 11.3 Å². The number of carbonyl (C=O) groups is 1. The lowest BCUT2D eigenvalue weighted by Gasteiger charge is -2.22. The second-order valence-electron chi connectivity index (χ2n) is 8.12. The fraction of sp³-hybridized carbons (Fsp3) is 0.542. The number of likely N-dealkylation sites (N-methyl/N-ethyl adjacent to an activating group) is 1. The van der Waals surface area contributed by atoms with Crippen LogP contribution in [0.1, 0.15) is 25.2 Å². The van der Waals surface area contributed by atoms with Crippen LogP contribution in [0.25, 0.3) is 11.3 Å². The Morgan fingerprint density at radius 2 is 1.94 bits per heavy atom. The number of likely N-dealkylation sites (tertiary alicyclic amines) is 1. The van der Waals surface area contributed by atoms with E-state index < -0.39 is 18.9 Å². The second-order valence-corrected chi connectivity index (χ2v) is 8.96. The van der Waals surface area contributed by atoms with Crippen molar-refractivity contribution in [3.05, 3.63) is 39.6 Å². The quantitative estimate of drug-likeness (QED) is 0.419. The minimum atomic E-state index is -0.605. The number of carbonyl (C=O) groups excluding carboxylic acids is 1. The Kier molecular flexibility index (Phi) is 10.3. The molecule has 1 saturated heterocycles. The van der Waals surface area contributed by atoms with E-state index in [0.717, 1.165) is 17.0 Å². The van der Waals surface area contributed by atoms with Crippen LogP contribution >= 0.6 is 23.2 Å². The summed E-state index contributed by atoms with van der Waals surface area (Å²) < 4.78 is 23.9. The molecule has 2 atom stereocenters. The number of nitrogens with one attached hydrogen (secondary N) is 2. The predicted octanol–water partition coefficient (Wildman–Crippen LogP) is 4.38. The van der Waals surface area contributed by atoms with Gasteiger partial charge in [0.25, 0.3) is 0 Å². The molecular weight excluding hydrogens is 496 g/mol. The van der Waals surface area contributed by atoms with E-state index in [-0.39, 0.29) is 19.3 Å². The van der Waals surface area contributed by atoms with Crippen LogP contribution < -0.4 is 10.6 Å². The molecule has 2 N–H and O–H groups in total. The van der Waals surface area contributed by atoms with E-state index in [1.807, 2.05) is 19.9 Å². The first-order valence-electron chi connectivity index (χ1n) is 11.8. The first-order valence-corrected chi connectivity index (χ1v) is 12.5. The average Bonchev–Trinajstić information content (AvgIpc) is 3.25. The van der Waals surface area contributed by atoms with Crippen molar-refractivity contribution >= 4 is 35.1 Å². The van der Waals surface area contributed by atoms with Crippen molar-refractivity contribution in [1.29, 1.82) is 0 Å². The third-order valence-corrected chi connectivity index (χ3v) is 6.28. The fourth-order valence-corrected chi connectivity index (χ4v) is 4.44. The molecule has 192 valence electrons. The summed E-state index contributed by atoms with van der Waals surface area (Å²) in [5.74, 6) is 0.613. The molecule has 3 rings (SSSR count). The topological polar surface area (TPSA) is 88.6 Å². The molecule has 2 heterocycles. The van der Waals surface area contributed by atoms with Crippen LogP contribution in [0, 0.1) is 0 Å². The number of benzene rings is 1. The van der Waals surface area contributed by atoms with E-state index in [2.05, 4.69) is 10.6 Å².